The molecule has 0 saturated carbocycles. The molecule has 0 amide bonds. The van der Waals surface area contributed by atoms with Gasteiger partial charge in [-0.1, -0.05) is 0 Å². The molecule has 0 heterocycles. The minimum absolute atomic E-state index is 0. The topological polar surface area (TPSA) is 20.2 Å². The Bertz CT molecular complexity index is 842. The monoisotopic (exact) mass is 462 g/mol. The van der Waals surface area contributed by atoms with Crippen LogP contribution in [0.3, 0.4) is 0 Å². The molecule has 0 aromatic heterocycles. The van der Waals surface area contributed by atoms with Crippen molar-refractivity contribution in [3.05, 3.63) is 74.6 Å². The zero-order chi connectivity index (χ0) is 16.5. The van der Waals surface area contributed by atoms with Crippen molar-refractivity contribution in [3.8, 4) is 11.1 Å². The van der Waals surface area contributed by atoms with Gasteiger partial charge in [-0.05, 0) is 0 Å². The van der Waals surface area contributed by atoms with Gasteiger partial charge in [0, 0.05) is 0 Å². The molecule has 1 atom stereocenters. The van der Waals surface area contributed by atoms with Crippen LogP contribution in [0.5, 0.6) is 0 Å². The van der Waals surface area contributed by atoms with Crippen LogP contribution in [0.25, 0.3) is 11.1 Å². The van der Waals surface area contributed by atoms with Crippen LogP contribution in [0.15, 0.2) is 63.5 Å². The molecule has 2 aliphatic rings. The fourth-order valence-corrected chi connectivity index (χ4v) is 7.88. The Morgan fingerprint density at radius 1 is 1.04 bits per heavy atom. The third-order valence-corrected chi connectivity index (χ3v) is 8.94. The molecule has 0 spiro atoms. The van der Waals surface area contributed by atoms with Crippen molar-refractivity contribution < 1.29 is 53.2 Å². The van der Waals surface area contributed by atoms with Crippen molar-refractivity contribution in [1.82, 2.24) is 0 Å². The Labute approximate surface area is 180 Å². The normalized spacial score (nSPS) is 16.5. The van der Waals surface area contributed by atoms with Crippen molar-refractivity contribution in [2.45, 2.75) is 32.1 Å². The van der Waals surface area contributed by atoms with E-state index in [1.54, 1.807) is 12.1 Å². The summed E-state index contributed by atoms with van der Waals surface area (Å²) in [5, 5.41) is 9.13. The molecule has 0 fully saturated rings. The van der Waals surface area contributed by atoms with Crippen molar-refractivity contribution in [2.24, 2.45) is 0 Å². The predicted molar refractivity (Wildman–Crippen MR) is 96.1 cm³/mol. The molecule has 1 unspecified atom stereocenters. The summed E-state index contributed by atoms with van der Waals surface area (Å²) in [6.45, 7) is 2.66. The zero-order valence-corrected chi connectivity index (χ0v) is 18.8. The predicted octanol–water partition coefficient (Wildman–Crippen LogP) is -1.48. The van der Waals surface area contributed by atoms with Gasteiger partial charge in [-0.3, -0.25) is 0 Å². The van der Waals surface area contributed by atoms with Crippen molar-refractivity contribution in [2.75, 3.05) is 6.61 Å². The van der Waals surface area contributed by atoms with E-state index in [1.165, 1.54) is 22.3 Å². The average molecular weight is 465 g/mol. The Morgan fingerprint density at radius 2 is 1.81 bits per heavy atom. The molecule has 2 aliphatic carbocycles. The number of rotatable bonds is 5. The van der Waals surface area contributed by atoms with E-state index in [1.807, 2.05) is 0 Å². The van der Waals surface area contributed by atoms with Gasteiger partial charge in [0.1, 0.15) is 0 Å². The Morgan fingerprint density at radius 3 is 2.62 bits per heavy atom. The molecule has 2 aromatic carbocycles. The third-order valence-electron chi connectivity index (χ3n) is 5.18. The number of halogens is 2. The second-order valence-corrected chi connectivity index (χ2v) is 10.1. The van der Waals surface area contributed by atoms with Crippen LogP contribution in [-0.4, -0.2) is 11.7 Å². The van der Waals surface area contributed by atoms with E-state index in [-0.39, 0.29) is 24.8 Å². The molecule has 0 bridgehead atoms. The van der Waals surface area contributed by atoms with Crippen LogP contribution in [0.1, 0.15) is 43.2 Å². The van der Waals surface area contributed by atoms with E-state index >= 15 is 0 Å². The van der Waals surface area contributed by atoms with Crippen LogP contribution in [0.2, 0.25) is 0 Å². The first-order valence-electron chi connectivity index (χ1n) is 8.78. The third kappa shape index (κ3) is 3.95. The number of aliphatic hydroxyl groups is 1. The number of hydrogen-bond acceptors (Lipinski definition) is 1. The summed E-state index contributed by atoms with van der Waals surface area (Å²) in [5.41, 5.74) is 7.47. The fourth-order valence-electron chi connectivity index (χ4n) is 4.00. The first-order valence-corrected chi connectivity index (χ1v) is 11.2. The molecule has 2 aromatic rings. The maximum atomic E-state index is 9.13. The maximum Gasteiger partial charge on any atom is -1.00 e. The van der Waals surface area contributed by atoms with Gasteiger partial charge >= 0.3 is 156 Å². The molecule has 1 nitrogen and oxygen atoms in total. The van der Waals surface area contributed by atoms with Crippen LogP contribution >= 0.6 is 0 Å². The molecule has 0 aliphatic heterocycles. The summed E-state index contributed by atoms with van der Waals surface area (Å²) in [5.74, 6) is 0.518. The zero-order valence-electron chi connectivity index (χ0n) is 14.8. The van der Waals surface area contributed by atoms with Crippen molar-refractivity contribution in [3.63, 3.8) is 0 Å². The van der Waals surface area contributed by atoms with E-state index in [4.69, 9.17) is 5.11 Å². The Hall–Kier alpha value is -0.657. The maximum absolute atomic E-state index is 9.13. The second-order valence-electron chi connectivity index (χ2n) is 6.64. The van der Waals surface area contributed by atoms with E-state index in [2.05, 4.69) is 61.5 Å². The van der Waals surface area contributed by atoms with Gasteiger partial charge in [0.2, 0.25) is 0 Å². The van der Waals surface area contributed by atoms with Gasteiger partial charge in [0.25, 0.3) is 0 Å². The molecule has 1 N–H and O–H groups in total. The van der Waals surface area contributed by atoms with E-state index in [0.717, 1.165) is 19.3 Å². The second kappa shape index (κ2) is 9.51. The molecule has 0 radical (unpaired) electrons. The number of benzene rings is 2. The van der Waals surface area contributed by atoms with Gasteiger partial charge in [0.05, 0.1) is 0 Å². The number of allylic oxidation sites excluding steroid dienone is 4. The largest absolute Gasteiger partial charge is 1.00 e. The summed E-state index contributed by atoms with van der Waals surface area (Å²) in [6, 6.07) is 15.8. The van der Waals surface area contributed by atoms with Gasteiger partial charge in [-0.2, -0.15) is 0 Å². The number of aliphatic hydroxyl groups excluding tert-OH is 1. The van der Waals surface area contributed by atoms with Crippen LogP contribution < -0.4 is 28.1 Å². The van der Waals surface area contributed by atoms with E-state index in [0.29, 0.717) is 12.5 Å². The standard InChI is InChI=1S/C14H11.C8H11O.2ClH.Zr/c1-10-11-6-2-4-8-13(11)14-9-5-3-7-12(10)14;9-7-3-6-8-4-1-2-5-8;;;/h2-6,8-10H,1H3;1,4,9H,2-3,6-7H2;2*1H;/q;;;;+2/p-2. The molecule has 134 valence electrons. The molecule has 4 rings (SSSR count). The smallest absolute Gasteiger partial charge is 1.00 e. The van der Waals surface area contributed by atoms with Gasteiger partial charge in [0.15, 0.2) is 0 Å². The molecule has 4 heteroatoms. The molecule has 0 saturated heterocycles. The minimum atomic E-state index is -0.775. The van der Waals surface area contributed by atoms with Gasteiger partial charge < -0.3 is 24.8 Å². The van der Waals surface area contributed by atoms with Crippen molar-refractivity contribution >= 4 is 3.27 Å². The van der Waals surface area contributed by atoms with Crippen LogP contribution in [0.4, 0.5) is 0 Å². The fraction of sp³-hybridized carbons (Fsp3) is 0.273. The van der Waals surface area contributed by atoms with Crippen LogP contribution in [-0.2, 0) is 23.2 Å². The quantitative estimate of drug-likeness (QED) is 0.573. The molecular formula is C22H22Cl2OZr. The first kappa shape index (κ1) is 21.6. The summed E-state index contributed by atoms with van der Waals surface area (Å²) < 4.78 is 3.34. The molecule has 26 heavy (non-hydrogen) atoms. The van der Waals surface area contributed by atoms with E-state index in [9.17, 15) is 0 Å². The summed E-state index contributed by atoms with van der Waals surface area (Å²) in [7, 11) is 0. The summed E-state index contributed by atoms with van der Waals surface area (Å²) in [4.78, 5) is 0. The van der Waals surface area contributed by atoms with E-state index < -0.39 is 23.2 Å². The Balaban J connectivity index is 0.00000121. The van der Waals surface area contributed by atoms with Crippen LogP contribution in [0, 0.1) is 0 Å². The number of hydrogen-bond donors (Lipinski definition) is 1. The van der Waals surface area contributed by atoms with Gasteiger partial charge in [-0.25, -0.2) is 0 Å². The SMILES string of the molecule is CC1c2ccccc2-c2ccc[c]([Zr+2][C]3=C(CCCO)C=CC3)c21.[Cl-].[Cl-]. The average Bonchev–Trinajstić information content (AvgIpc) is 3.17. The number of fused-ring (bicyclic) bond motifs is 3. The van der Waals surface area contributed by atoms with Gasteiger partial charge in [-0.15, -0.1) is 0 Å². The summed E-state index contributed by atoms with van der Waals surface area (Å²) in [6.07, 6.45) is 7.67. The first-order chi connectivity index (χ1) is 11.8. The Kier molecular flexibility index (Phi) is 7.92. The minimum Gasteiger partial charge on any atom is -1.00 e. The summed E-state index contributed by atoms with van der Waals surface area (Å²) >= 11 is -0.775. The van der Waals surface area contributed by atoms with Crippen molar-refractivity contribution in [1.29, 1.82) is 0 Å². The molecular weight excluding hydrogens is 442 g/mol.